The Hall–Kier alpha value is -2.32. The molecular weight excluding hydrogens is 376 g/mol. The fraction of sp³-hybridized carbons (Fsp3) is 0.500. The third kappa shape index (κ3) is 3.42. The summed E-state index contributed by atoms with van der Waals surface area (Å²) in [5.41, 5.74) is 1.11. The van der Waals surface area contributed by atoms with Crippen molar-refractivity contribution in [3.63, 3.8) is 0 Å². The lowest BCUT2D eigenvalue weighted by molar-refractivity contribution is -0.929. The average Bonchev–Trinajstić information content (AvgIpc) is 3.21. The van der Waals surface area contributed by atoms with Crippen LogP contribution in [0.1, 0.15) is 48.5 Å². The maximum absolute atomic E-state index is 10.9. The van der Waals surface area contributed by atoms with E-state index in [0.717, 1.165) is 40.0 Å². The molecule has 3 aromatic rings. The van der Waals surface area contributed by atoms with E-state index >= 15 is 0 Å². The highest BCUT2D eigenvalue weighted by molar-refractivity contribution is 7.17. The van der Waals surface area contributed by atoms with Gasteiger partial charge in [0.15, 0.2) is 17.5 Å². The smallest absolute Gasteiger partial charge is 0.235 e. The van der Waals surface area contributed by atoms with Crippen LogP contribution < -0.4 is 14.4 Å². The summed E-state index contributed by atoms with van der Waals surface area (Å²) in [6.07, 6.45) is 3.66. The molecule has 0 bridgehead atoms. The first-order valence-electron chi connectivity index (χ1n) is 9.82. The monoisotopic (exact) mass is 403 g/mol. The van der Waals surface area contributed by atoms with Gasteiger partial charge in [0.25, 0.3) is 0 Å². The van der Waals surface area contributed by atoms with E-state index in [9.17, 15) is 5.11 Å². The molecule has 3 heterocycles. The number of aryl methyl sites for hydroxylation is 1. The first-order valence-corrected chi connectivity index (χ1v) is 10.6. The third-order valence-corrected chi connectivity index (χ3v) is 6.38. The number of hydrogen-bond acceptors (Lipinski definition) is 6. The van der Waals surface area contributed by atoms with Crippen LogP contribution >= 0.6 is 11.3 Å². The highest BCUT2D eigenvalue weighted by Crippen LogP contribution is 2.38. The van der Waals surface area contributed by atoms with Crippen molar-refractivity contribution in [3.05, 3.63) is 34.5 Å². The number of quaternary nitrogens is 1. The fourth-order valence-electron chi connectivity index (χ4n) is 4.04. The molecule has 28 heavy (non-hydrogen) atoms. The van der Waals surface area contributed by atoms with Crippen LogP contribution in [-0.4, -0.2) is 46.5 Å². The summed E-state index contributed by atoms with van der Waals surface area (Å²) in [5, 5.41) is 15.3. The lowest BCUT2D eigenvalue weighted by Crippen LogP contribution is -3.13. The Morgan fingerprint density at radius 1 is 1.25 bits per heavy atom. The molecule has 0 spiro atoms. The Labute approximate surface area is 168 Å². The number of methoxy groups -OCH3 is 1. The maximum Gasteiger partial charge on any atom is 0.235 e. The van der Waals surface area contributed by atoms with Crippen molar-refractivity contribution in [3.8, 4) is 17.4 Å². The normalized spacial score (nSPS) is 16.4. The Bertz CT molecular complexity index is 962. The Kier molecular flexibility index (Phi) is 5.41. The molecule has 0 aliphatic carbocycles. The van der Waals surface area contributed by atoms with E-state index in [-0.39, 0.29) is 11.9 Å². The van der Waals surface area contributed by atoms with Gasteiger partial charge in [-0.2, -0.15) is 4.52 Å². The van der Waals surface area contributed by atoms with Gasteiger partial charge in [0.1, 0.15) is 10.7 Å². The molecule has 1 atom stereocenters. The summed E-state index contributed by atoms with van der Waals surface area (Å²) in [5.74, 6) is 2.31. The number of nitrogens with zero attached hydrogens (tertiary/aromatic N) is 3. The molecule has 8 heteroatoms. The van der Waals surface area contributed by atoms with Crippen LogP contribution in [0, 0.1) is 6.92 Å². The van der Waals surface area contributed by atoms with E-state index in [4.69, 9.17) is 9.47 Å². The molecular formula is C20H27N4O3S+. The number of likely N-dealkylation sites (tertiary alicyclic amines) is 1. The number of aromatic nitrogens is 3. The van der Waals surface area contributed by atoms with Crippen molar-refractivity contribution in [1.82, 2.24) is 14.6 Å². The minimum atomic E-state index is 0.0127. The second-order valence-corrected chi connectivity index (χ2v) is 8.15. The van der Waals surface area contributed by atoms with E-state index in [1.807, 2.05) is 26.0 Å². The summed E-state index contributed by atoms with van der Waals surface area (Å²) in [7, 11) is 1.66. The second kappa shape index (κ2) is 7.97. The highest BCUT2D eigenvalue weighted by atomic mass is 32.1. The Balaban J connectivity index is 1.81. The molecule has 4 rings (SSSR count). The molecule has 2 aromatic heterocycles. The largest absolute Gasteiger partial charge is 0.493 e. The summed E-state index contributed by atoms with van der Waals surface area (Å²) < 4.78 is 12.8. The Morgan fingerprint density at radius 2 is 2.04 bits per heavy atom. The molecule has 1 aliphatic rings. The number of benzene rings is 1. The first kappa shape index (κ1) is 19.0. The molecule has 7 nitrogen and oxygen atoms in total. The van der Waals surface area contributed by atoms with Gasteiger partial charge in [-0.15, -0.1) is 5.10 Å². The van der Waals surface area contributed by atoms with E-state index in [1.165, 1.54) is 35.5 Å². The molecule has 1 fully saturated rings. The number of piperidine rings is 1. The lowest BCUT2D eigenvalue weighted by atomic mass is 10.00. The molecule has 0 amide bonds. The van der Waals surface area contributed by atoms with Crippen molar-refractivity contribution in [2.75, 3.05) is 26.8 Å². The number of thiazole rings is 1. The van der Waals surface area contributed by atoms with Crippen molar-refractivity contribution >= 4 is 16.3 Å². The molecule has 2 N–H and O–H groups in total. The number of ether oxygens (including phenoxy) is 2. The van der Waals surface area contributed by atoms with Gasteiger partial charge in [-0.25, -0.2) is 4.98 Å². The zero-order valence-corrected chi connectivity index (χ0v) is 17.4. The third-order valence-electron chi connectivity index (χ3n) is 5.29. The molecule has 0 saturated carbocycles. The predicted octanol–water partition coefficient (Wildman–Crippen LogP) is 2.37. The van der Waals surface area contributed by atoms with Crippen LogP contribution in [0.15, 0.2) is 18.2 Å². The average molecular weight is 404 g/mol. The number of hydrogen-bond donors (Lipinski definition) is 2. The fourth-order valence-corrected chi connectivity index (χ4v) is 5.23. The molecule has 150 valence electrons. The highest BCUT2D eigenvalue weighted by Gasteiger charge is 2.34. The van der Waals surface area contributed by atoms with Gasteiger partial charge >= 0.3 is 0 Å². The molecule has 1 aliphatic heterocycles. The number of rotatable bonds is 6. The van der Waals surface area contributed by atoms with E-state index in [0.29, 0.717) is 12.4 Å². The summed E-state index contributed by atoms with van der Waals surface area (Å²) in [4.78, 5) is 7.52. The minimum Gasteiger partial charge on any atom is -0.493 e. The van der Waals surface area contributed by atoms with Gasteiger partial charge in [0, 0.05) is 5.56 Å². The molecule has 1 saturated heterocycles. The van der Waals surface area contributed by atoms with Gasteiger partial charge in [-0.05, 0) is 51.3 Å². The van der Waals surface area contributed by atoms with Gasteiger partial charge in [-0.1, -0.05) is 11.3 Å². The van der Waals surface area contributed by atoms with Crippen molar-refractivity contribution in [1.29, 1.82) is 0 Å². The van der Waals surface area contributed by atoms with Crippen molar-refractivity contribution in [2.24, 2.45) is 0 Å². The van der Waals surface area contributed by atoms with Crippen LogP contribution in [0.2, 0.25) is 0 Å². The van der Waals surface area contributed by atoms with Crippen LogP contribution in [0.4, 0.5) is 0 Å². The number of aromatic hydroxyl groups is 1. The summed E-state index contributed by atoms with van der Waals surface area (Å²) in [6.45, 7) is 6.54. The zero-order chi connectivity index (χ0) is 19.7. The van der Waals surface area contributed by atoms with Gasteiger partial charge in [0.2, 0.25) is 10.8 Å². The Morgan fingerprint density at radius 3 is 2.71 bits per heavy atom. The van der Waals surface area contributed by atoms with Crippen molar-refractivity contribution in [2.45, 2.75) is 39.2 Å². The predicted molar refractivity (Wildman–Crippen MR) is 108 cm³/mol. The van der Waals surface area contributed by atoms with Gasteiger partial charge in [0.05, 0.1) is 26.8 Å². The number of fused-ring (bicyclic) bond motifs is 1. The molecule has 0 radical (unpaired) electrons. The quantitative estimate of drug-likeness (QED) is 0.661. The molecule has 1 aromatic carbocycles. The van der Waals surface area contributed by atoms with Gasteiger partial charge in [-0.3, -0.25) is 0 Å². The van der Waals surface area contributed by atoms with E-state index < -0.39 is 0 Å². The van der Waals surface area contributed by atoms with Crippen LogP contribution in [0.3, 0.4) is 0 Å². The maximum atomic E-state index is 10.9. The summed E-state index contributed by atoms with van der Waals surface area (Å²) >= 11 is 1.52. The second-order valence-electron chi connectivity index (χ2n) is 7.14. The van der Waals surface area contributed by atoms with Crippen LogP contribution in [0.5, 0.6) is 17.4 Å². The van der Waals surface area contributed by atoms with Crippen molar-refractivity contribution < 1.29 is 19.5 Å². The molecule has 0 unspecified atom stereocenters. The lowest BCUT2D eigenvalue weighted by Gasteiger charge is -2.31. The van der Waals surface area contributed by atoms with E-state index in [1.54, 1.807) is 11.6 Å². The van der Waals surface area contributed by atoms with E-state index in [2.05, 4.69) is 16.1 Å². The number of nitrogens with one attached hydrogen (secondary N) is 1. The standard InChI is InChI=1S/C20H26N4O3S/c1-4-27-15-9-8-14(12-16(15)26-3)17(23-10-6-5-7-11-23)18-19(25)24-20(28-18)21-13(2)22-24/h8-9,12,17,25H,4-7,10-11H2,1-3H3/p+1/t17-/m1/s1. The van der Waals surface area contributed by atoms with Crippen LogP contribution in [-0.2, 0) is 0 Å². The zero-order valence-electron chi connectivity index (χ0n) is 16.6. The van der Waals surface area contributed by atoms with Crippen LogP contribution in [0.25, 0.3) is 4.96 Å². The topological polar surface area (TPSA) is 73.3 Å². The SMILES string of the molecule is CCOc1ccc([C@H](c2sc3nc(C)nn3c2O)[NH+]2CCCCC2)cc1OC. The summed E-state index contributed by atoms with van der Waals surface area (Å²) in [6, 6.07) is 6.10. The first-order chi connectivity index (χ1) is 13.6. The van der Waals surface area contributed by atoms with Gasteiger partial charge < -0.3 is 19.5 Å². The minimum absolute atomic E-state index is 0.0127.